The summed E-state index contributed by atoms with van der Waals surface area (Å²) >= 11 is 0. The van der Waals surface area contributed by atoms with Gasteiger partial charge in [-0.3, -0.25) is 4.79 Å². The van der Waals surface area contributed by atoms with E-state index < -0.39 is 11.9 Å². The van der Waals surface area contributed by atoms with Gasteiger partial charge in [-0.2, -0.15) is 0 Å². The Kier molecular flexibility index (Phi) is 2.55. The lowest BCUT2D eigenvalue weighted by atomic mass is 9.88. The van der Waals surface area contributed by atoms with Crippen molar-refractivity contribution in [2.75, 3.05) is 0 Å². The molecule has 0 spiro atoms. The molecule has 1 atom stereocenters. The van der Waals surface area contributed by atoms with Crippen LogP contribution in [0.4, 0.5) is 0 Å². The smallest absolute Gasteiger partial charge is 0.314 e. The van der Waals surface area contributed by atoms with Crippen molar-refractivity contribution >= 4 is 5.97 Å². The summed E-state index contributed by atoms with van der Waals surface area (Å²) in [6.45, 7) is 4.11. The second kappa shape index (κ2) is 3.72. The van der Waals surface area contributed by atoms with Gasteiger partial charge in [-0.05, 0) is 30.9 Å². The molecule has 0 aliphatic heterocycles. The van der Waals surface area contributed by atoms with Gasteiger partial charge < -0.3 is 9.52 Å². The fraction of sp³-hybridized carbons (Fsp3) is 0.583. The maximum absolute atomic E-state index is 11.0. The quantitative estimate of drug-likeness (QED) is 0.813. The second-order valence-electron chi connectivity index (χ2n) is 4.48. The number of carbonyl (C=O) groups is 1. The first-order valence-corrected chi connectivity index (χ1v) is 5.45. The summed E-state index contributed by atoms with van der Waals surface area (Å²) in [4.78, 5) is 11.0. The average molecular weight is 208 g/mol. The standard InChI is InChI=1S/C12H16O3/c1-7(2)10-6-8-4-3-5-9(12(13)14)11(8)15-10/h6-7,9H,3-5H2,1-2H3,(H,13,14). The van der Waals surface area contributed by atoms with E-state index in [0.717, 1.165) is 24.2 Å². The molecule has 0 saturated heterocycles. The van der Waals surface area contributed by atoms with Crippen molar-refractivity contribution in [1.82, 2.24) is 0 Å². The van der Waals surface area contributed by atoms with E-state index in [2.05, 4.69) is 13.8 Å². The molecular formula is C12H16O3. The molecule has 1 aromatic heterocycles. The van der Waals surface area contributed by atoms with E-state index in [0.29, 0.717) is 18.1 Å². The maximum Gasteiger partial charge on any atom is 0.314 e. The zero-order valence-corrected chi connectivity index (χ0v) is 9.12. The minimum Gasteiger partial charge on any atom is -0.481 e. The molecule has 1 aliphatic rings. The van der Waals surface area contributed by atoms with Crippen LogP contribution in [0.1, 0.15) is 55.6 Å². The SMILES string of the molecule is CC(C)c1cc2c(o1)C(C(=O)O)CCC2. The number of aryl methyl sites for hydroxylation is 1. The molecule has 1 heterocycles. The minimum atomic E-state index is -0.763. The second-order valence-corrected chi connectivity index (χ2v) is 4.48. The van der Waals surface area contributed by atoms with E-state index in [9.17, 15) is 4.79 Å². The van der Waals surface area contributed by atoms with Crippen LogP contribution >= 0.6 is 0 Å². The van der Waals surface area contributed by atoms with Crippen LogP contribution < -0.4 is 0 Å². The van der Waals surface area contributed by atoms with Crippen molar-refractivity contribution in [3.8, 4) is 0 Å². The topological polar surface area (TPSA) is 50.4 Å². The van der Waals surface area contributed by atoms with Gasteiger partial charge in [0.05, 0.1) is 0 Å². The Balaban J connectivity index is 2.38. The first-order chi connectivity index (χ1) is 7.09. The monoisotopic (exact) mass is 208 g/mol. The first-order valence-electron chi connectivity index (χ1n) is 5.45. The zero-order chi connectivity index (χ0) is 11.0. The Morgan fingerprint density at radius 1 is 1.60 bits per heavy atom. The molecule has 0 amide bonds. The summed E-state index contributed by atoms with van der Waals surface area (Å²) in [5, 5.41) is 9.07. The number of fused-ring (bicyclic) bond motifs is 1. The predicted molar refractivity (Wildman–Crippen MR) is 56.1 cm³/mol. The maximum atomic E-state index is 11.0. The van der Waals surface area contributed by atoms with Gasteiger partial charge in [0.2, 0.25) is 0 Å². The van der Waals surface area contributed by atoms with E-state index in [-0.39, 0.29) is 0 Å². The molecule has 0 saturated carbocycles. The first kappa shape index (κ1) is 10.3. The summed E-state index contributed by atoms with van der Waals surface area (Å²) in [6, 6.07) is 2.02. The van der Waals surface area contributed by atoms with Crippen LogP contribution in [0.5, 0.6) is 0 Å². The van der Waals surface area contributed by atoms with Crippen LogP contribution in [0, 0.1) is 0 Å². The third-order valence-corrected chi connectivity index (χ3v) is 2.98. The number of aliphatic carboxylic acids is 1. The molecule has 1 N–H and O–H groups in total. The molecule has 82 valence electrons. The molecule has 1 unspecified atom stereocenters. The highest BCUT2D eigenvalue weighted by Gasteiger charge is 2.30. The van der Waals surface area contributed by atoms with Crippen molar-refractivity contribution in [2.45, 2.75) is 44.9 Å². The number of carboxylic acids is 1. The number of carboxylic acid groups (broad SMARTS) is 1. The van der Waals surface area contributed by atoms with Gasteiger partial charge in [-0.25, -0.2) is 0 Å². The molecule has 0 radical (unpaired) electrons. The largest absolute Gasteiger partial charge is 0.481 e. The summed E-state index contributed by atoms with van der Waals surface area (Å²) in [5.74, 6) is 0.734. The van der Waals surface area contributed by atoms with Crippen LogP contribution in [-0.2, 0) is 11.2 Å². The Morgan fingerprint density at radius 2 is 2.33 bits per heavy atom. The Labute approximate surface area is 89.1 Å². The minimum absolute atomic E-state index is 0.324. The normalized spacial score (nSPS) is 20.3. The van der Waals surface area contributed by atoms with Gasteiger partial charge >= 0.3 is 5.97 Å². The highest BCUT2D eigenvalue weighted by Crippen LogP contribution is 2.35. The Morgan fingerprint density at radius 3 is 2.93 bits per heavy atom. The summed E-state index contributed by atoms with van der Waals surface area (Å²) in [5.41, 5.74) is 1.09. The average Bonchev–Trinajstić information content (AvgIpc) is 2.60. The van der Waals surface area contributed by atoms with E-state index in [4.69, 9.17) is 9.52 Å². The van der Waals surface area contributed by atoms with Crippen molar-refractivity contribution in [1.29, 1.82) is 0 Å². The van der Waals surface area contributed by atoms with Crippen LogP contribution in [0.25, 0.3) is 0 Å². The molecule has 0 aromatic carbocycles. The lowest BCUT2D eigenvalue weighted by molar-refractivity contribution is -0.139. The van der Waals surface area contributed by atoms with Gasteiger partial charge in [0.15, 0.2) is 0 Å². The molecule has 2 rings (SSSR count). The van der Waals surface area contributed by atoms with Gasteiger partial charge in [0, 0.05) is 5.92 Å². The van der Waals surface area contributed by atoms with Crippen LogP contribution in [0.2, 0.25) is 0 Å². The highest BCUT2D eigenvalue weighted by atomic mass is 16.4. The highest BCUT2D eigenvalue weighted by molar-refractivity contribution is 5.76. The molecule has 3 heteroatoms. The Bertz CT molecular complexity index is 376. The van der Waals surface area contributed by atoms with Crippen molar-refractivity contribution in [3.05, 3.63) is 23.2 Å². The van der Waals surface area contributed by atoms with Crippen molar-refractivity contribution < 1.29 is 14.3 Å². The van der Waals surface area contributed by atoms with Crippen LogP contribution in [-0.4, -0.2) is 11.1 Å². The van der Waals surface area contributed by atoms with E-state index in [1.54, 1.807) is 0 Å². The van der Waals surface area contributed by atoms with Gasteiger partial charge in [0.1, 0.15) is 17.4 Å². The molecule has 15 heavy (non-hydrogen) atoms. The fourth-order valence-corrected chi connectivity index (χ4v) is 2.10. The summed E-state index contributed by atoms with van der Waals surface area (Å²) in [6.07, 6.45) is 2.60. The van der Waals surface area contributed by atoms with E-state index in [1.807, 2.05) is 6.07 Å². The van der Waals surface area contributed by atoms with Crippen molar-refractivity contribution in [3.63, 3.8) is 0 Å². The third-order valence-electron chi connectivity index (χ3n) is 2.98. The van der Waals surface area contributed by atoms with Crippen LogP contribution in [0.3, 0.4) is 0 Å². The molecule has 0 fully saturated rings. The number of furan rings is 1. The molecule has 1 aliphatic carbocycles. The lowest BCUT2D eigenvalue weighted by Crippen LogP contribution is -2.16. The molecular weight excluding hydrogens is 192 g/mol. The number of hydrogen-bond donors (Lipinski definition) is 1. The fourth-order valence-electron chi connectivity index (χ4n) is 2.10. The van der Waals surface area contributed by atoms with Gasteiger partial charge in [-0.1, -0.05) is 13.8 Å². The number of rotatable bonds is 2. The lowest BCUT2D eigenvalue weighted by Gasteiger charge is -2.16. The van der Waals surface area contributed by atoms with Crippen LogP contribution in [0.15, 0.2) is 10.5 Å². The summed E-state index contributed by atoms with van der Waals surface area (Å²) < 4.78 is 5.66. The molecule has 1 aromatic rings. The predicted octanol–water partition coefficient (Wildman–Crippen LogP) is 2.91. The molecule has 0 bridgehead atoms. The summed E-state index contributed by atoms with van der Waals surface area (Å²) in [7, 11) is 0. The molecule has 3 nitrogen and oxygen atoms in total. The van der Waals surface area contributed by atoms with Crippen molar-refractivity contribution in [2.24, 2.45) is 0 Å². The third kappa shape index (κ3) is 1.78. The van der Waals surface area contributed by atoms with E-state index in [1.165, 1.54) is 0 Å². The number of hydrogen-bond acceptors (Lipinski definition) is 2. The van der Waals surface area contributed by atoms with Gasteiger partial charge in [-0.15, -0.1) is 0 Å². The zero-order valence-electron chi connectivity index (χ0n) is 9.12. The Hall–Kier alpha value is -1.25. The van der Waals surface area contributed by atoms with Gasteiger partial charge in [0.25, 0.3) is 0 Å². The van der Waals surface area contributed by atoms with E-state index >= 15 is 0 Å².